The van der Waals surface area contributed by atoms with E-state index in [2.05, 4.69) is 20.0 Å². The van der Waals surface area contributed by atoms with Gasteiger partial charge in [0.25, 0.3) is 0 Å². The minimum Gasteiger partial charge on any atom is -0.382 e. The largest absolute Gasteiger partial charge is 0.382 e. The lowest BCUT2D eigenvalue weighted by atomic mass is 9.96. The Labute approximate surface area is 180 Å². The molecule has 1 aromatic heterocycles. The number of sulfonamides is 1. The summed E-state index contributed by atoms with van der Waals surface area (Å²) in [6.07, 6.45) is 4.97. The number of para-hydroxylation sites is 1. The molecule has 3 aromatic rings. The Morgan fingerprint density at radius 3 is 2.32 bits per heavy atom. The van der Waals surface area contributed by atoms with Gasteiger partial charge in [-0.1, -0.05) is 37.5 Å². The number of nitrogens with zero attached hydrogens (tertiary/aromatic N) is 3. The second-order valence-electron chi connectivity index (χ2n) is 7.50. The topological polar surface area (TPSA) is 135 Å². The zero-order chi connectivity index (χ0) is 21.8. The molecule has 0 spiro atoms. The van der Waals surface area contributed by atoms with Crippen LogP contribution in [0.2, 0.25) is 0 Å². The number of hydrogen-bond acceptors (Lipinski definition) is 6. The van der Waals surface area contributed by atoms with E-state index in [4.69, 9.17) is 5.73 Å². The molecule has 1 saturated carbocycles. The van der Waals surface area contributed by atoms with Crippen LogP contribution in [0.3, 0.4) is 0 Å². The van der Waals surface area contributed by atoms with Crippen molar-refractivity contribution in [2.45, 2.75) is 43.0 Å². The number of azo groups is 1. The van der Waals surface area contributed by atoms with E-state index < -0.39 is 15.6 Å². The number of aromatic nitrogens is 2. The molecule has 1 fully saturated rings. The van der Waals surface area contributed by atoms with Gasteiger partial charge in [-0.3, -0.25) is 9.89 Å². The molecule has 31 heavy (non-hydrogen) atoms. The van der Waals surface area contributed by atoms with E-state index in [0.29, 0.717) is 11.4 Å². The van der Waals surface area contributed by atoms with Crippen molar-refractivity contribution in [3.8, 4) is 5.69 Å². The lowest BCUT2D eigenvalue weighted by Gasteiger charge is -2.22. The molecule has 0 unspecified atom stereocenters. The Balaban J connectivity index is 1.51. The predicted molar refractivity (Wildman–Crippen MR) is 119 cm³/mol. The number of rotatable bonds is 6. The molecule has 1 heterocycles. The van der Waals surface area contributed by atoms with Gasteiger partial charge in [-0.2, -0.15) is 5.11 Å². The summed E-state index contributed by atoms with van der Waals surface area (Å²) in [6, 6.07) is 15.0. The quantitative estimate of drug-likeness (QED) is 0.503. The van der Waals surface area contributed by atoms with Crippen molar-refractivity contribution in [2.24, 2.45) is 10.2 Å². The van der Waals surface area contributed by atoms with Crippen LogP contribution in [-0.2, 0) is 10.0 Å². The second kappa shape index (κ2) is 8.86. The Bertz CT molecular complexity index is 1220. The molecule has 4 rings (SSSR count). The van der Waals surface area contributed by atoms with E-state index in [1.807, 2.05) is 6.07 Å². The van der Waals surface area contributed by atoms with Crippen LogP contribution in [0.4, 0.5) is 17.2 Å². The summed E-state index contributed by atoms with van der Waals surface area (Å²) in [5.74, 6) is 0.0912. The maximum Gasteiger partial charge on any atom is 0.301 e. The average Bonchev–Trinajstić information content (AvgIpc) is 3.07. The fourth-order valence-corrected chi connectivity index (χ4v) is 4.91. The maximum absolute atomic E-state index is 12.6. The van der Waals surface area contributed by atoms with Crippen LogP contribution in [0.5, 0.6) is 0 Å². The first-order valence-electron chi connectivity index (χ1n) is 10.1. The molecule has 2 aromatic carbocycles. The van der Waals surface area contributed by atoms with Crippen molar-refractivity contribution in [3.05, 3.63) is 65.0 Å². The van der Waals surface area contributed by atoms with Gasteiger partial charge in [-0.05, 0) is 49.2 Å². The molecule has 0 amide bonds. The van der Waals surface area contributed by atoms with Gasteiger partial charge in [0.2, 0.25) is 10.0 Å². The van der Waals surface area contributed by atoms with Gasteiger partial charge in [0.15, 0.2) is 5.69 Å². The van der Waals surface area contributed by atoms with Gasteiger partial charge in [0.1, 0.15) is 5.82 Å². The predicted octanol–water partition coefficient (Wildman–Crippen LogP) is 3.77. The Kier molecular flexibility index (Phi) is 6.01. The third-order valence-electron chi connectivity index (χ3n) is 5.25. The fourth-order valence-electron chi connectivity index (χ4n) is 3.61. The Hall–Kier alpha value is -3.24. The molecule has 4 N–H and O–H groups in total. The number of H-pyrrole nitrogens is 1. The van der Waals surface area contributed by atoms with Crippen LogP contribution in [0.1, 0.15) is 32.1 Å². The zero-order valence-corrected chi connectivity index (χ0v) is 17.7. The van der Waals surface area contributed by atoms with Gasteiger partial charge in [-0.15, -0.1) is 5.11 Å². The fraction of sp³-hybridized carbons (Fsp3) is 0.286. The minimum absolute atomic E-state index is 0.0125. The van der Waals surface area contributed by atoms with Gasteiger partial charge >= 0.3 is 5.56 Å². The smallest absolute Gasteiger partial charge is 0.301 e. The molecule has 0 atom stereocenters. The number of nitrogens with two attached hydrogens (primary N) is 1. The first kappa shape index (κ1) is 21.0. The standard InChI is InChI=1S/C21H24N6O3S/c22-20-19(21(28)27(25-20)17-9-5-2-6-10-17)24-23-15-11-13-18(14-12-15)31(29,30)26-16-7-3-1-4-8-16/h2,5-6,9-14,16,25-26H,1,3-4,7-8,22H2. The van der Waals surface area contributed by atoms with Gasteiger partial charge in [0, 0.05) is 6.04 Å². The third kappa shape index (κ3) is 4.75. The monoisotopic (exact) mass is 440 g/mol. The van der Waals surface area contributed by atoms with Crippen molar-refractivity contribution in [1.82, 2.24) is 14.5 Å². The number of nitrogen functional groups attached to an aromatic ring is 1. The van der Waals surface area contributed by atoms with Crippen molar-refractivity contribution in [2.75, 3.05) is 5.73 Å². The number of hydrogen-bond donors (Lipinski definition) is 3. The van der Waals surface area contributed by atoms with E-state index in [1.54, 1.807) is 24.3 Å². The van der Waals surface area contributed by atoms with Crippen LogP contribution >= 0.6 is 0 Å². The highest BCUT2D eigenvalue weighted by Gasteiger charge is 2.21. The van der Waals surface area contributed by atoms with Crippen LogP contribution in [0.25, 0.3) is 5.69 Å². The summed E-state index contributed by atoms with van der Waals surface area (Å²) in [6.45, 7) is 0. The molecule has 162 valence electrons. The van der Waals surface area contributed by atoms with E-state index in [9.17, 15) is 13.2 Å². The molecule has 0 radical (unpaired) electrons. The highest BCUT2D eigenvalue weighted by atomic mass is 32.2. The summed E-state index contributed by atoms with van der Waals surface area (Å²) < 4.78 is 29.2. The van der Waals surface area contributed by atoms with Crippen LogP contribution in [0.15, 0.2) is 74.5 Å². The maximum atomic E-state index is 12.6. The van der Waals surface area contributed by atoms with Crippen LogP contribution in [0, 0.1) is 0 Å². The molecule has 1 aliphatic carbocycles. The summed E-state index contributed by atoms with van der Waals surface area (Å²) in [5, 5.41) is 10.8. The van der Waals surface area contributed by atoms with Crippen LogP contribution < -0.4 is 16.0 Å². The molecular weight excluding hydrogens is 416 g/mol. The first-order chi connectivity index (χ1) is 14.9. The van der Waals surface area contributed by atoms with Crippen molar-refractivity contribution in [3.63, 3.8) is 0 Å². The molecule has 0 bridgehead atoms. The summed E-state index contributed by atoms with van der Waals surface area (Å²) >= 11 is 0. The highest BCUT2D eigenvalue weighted by Crippen LogP contribution is 2.23. The molecular formula is C21H24N6O3S. The van der Waals surface area contributed by atoms with Crippen molar-refractivity contribution >= 4 is 27.2 Å². The normalized spacial score (nSPS) is 15.5. The number of nitrogens with one attached hydrogen (secondary N) is 2. The molecule has 10 heteroatoms. The lowest BCUT2D eigenvalue weighted by Crippen LogP contribution is -2.36. The molecule has 0 saturated heterocycles. The number of benzene rings is 2. The van der Waals surface area contributed by atoms with Crippen LogP contribution in [-0.4, -0.2) is 24.2 Å². The molecule has 9 nitrogen and oxygen atoms in total. The average molecular weight is 441 g/mol. The van der Waals surface area contributed by atoms with E-state index in [-0.39, 0.29) is 22.4 Å². The zero-order valence-electron chi connectivity index (χ0n) is 16.9. The van der Waals surface area contributed by atoms with Crippen molar-refractivity contribution < 1.29 is 8.42 Å². The number of anilines is 1. The molecule has 1 aliphatic rings. The van der Waals surface area contributed by atoms with E-state index >= 15 is 0 Å². The van der Waals surface area contributed by atoms with Gasteiger partial charge in [-0.25, -0.2) is 17.8 Å². The van der Waals surface area contributed by atoms with E-state index in [1.165, 1.54) is 28.9 Å². The Morgan fingerprint density at radius 1 is 0.968 bits per heavy atom. The highest BCUT2D eigenvalue weighted by molar-refractivity contribution is 7.89. The summed E-state index contributed by atoms with van der Waals surface area (Å²) in [5.41, 5.74) is 6.49. The van der Waals surface area contributed by atoms with E-state index in [0.717, 1.165) is 32.1 Å². The minimum atomic E-state index is -3.59. The second-order valence-corrected chi connectivity index (χ2v) is 9.21. The third-order valence-corrected chi connectivity index (χ3v) is 6.78. The Morgan fingerprint density at radius 2 is 1.65 bits per heavy atom. The first-order valence-corrected chi connectivity index (χ1v) is 11.6. The van der Waals surface area contributed by atoms with Gasteiger partial charge in [0.05, 0.1) is 16.3 Å². The summed E-state index contributed by atoms with van der Waals surface area (Å²) in [4.78, 5) is 12.8. The van der Waals surface area contributed by atoms with Crippen molar-refractivity contribution in [1.29, 1.82) is 0 Å². The summed E-state index contributed by atoms with van der Waals surface area (Å²) in [7, 11) is -3.59. The number of aromatic amines is 1. The molecule has 0 aliphatic heterocycles. The van der Waals surface area contributed by atoms with Gasteiger partial charge < -0.3 is 5.73 Å². The SMILES string of the molecule is Nc1[nH]n(-c2ccccc2)c(=O)c1N=Nc1ccc(S(=O)(=O)NC2CCCCC2)cc1. The lowest BCUT2D eigenvalue weighted by molar-refractivity contribution is 0.412.